The van der Waals surface area contributed by atoms with Crippen molar-refractivity contribution in [3.05, 3.63) is 72.4 Å². The van der Waals surface area contributed by atoms with Crippen molar-refractivity contribution in [2.45, 2.75) is 6.92 Å². The van der Waals surface area contributed by atoms with Gasteiger partial charge < -0.3 is 14.8 Å². The first kappa shape index (κ1) is 15.8. The summed E-state index contributed by atoms with van der Waals surface area (Å²) in [6, 6.07) is 21.4. The van der Waals surface area contributed by atoms with E-state index in [0.29, 0.717) is 30.7 Å². The number of aromatic nitrogens is 2. The van der Waals surface area contributed by atoms with E-state index in [1.165, 1.54) is 0 Å². The lowest BCUT2D eigenvalue weighted by Gasteiger charge is -2.10. The van der Waals surface area contributed by atoms with Gasteiger partial charge in [-0.2, -0.15) is 4.98 Å². The highest BCUT2D eigenvalue weighted by Crippen LogP contribution is 2.19. The first-order valence-electron chi connectivity index (χ1n) is 7.80. The highest BCUT2D eigenvalue weighted by atomic mass is 16.5. The Morgan fingerprint density at radius 1 is 0.875 bits per heavy atom. The van der Waals surface area contributed by atoms with Gasteiger partial charge in [0.1, 0.15) is 23.9 Å². The molecule has 0 saturated heterocycles. The van der Waals surface area contributed by atoms with Crippen LogP contribution in [-0.2, 0) is 0 Å². The van der Waals surface area contributed by atoms with Gasteiger partial charge in [-0.3, -0.25) is 0 Å². The van der Waals surface area contributed by atoms with E-state index in [-0.39, 0.29) is 0 Å². The molecule has 0 atom stereocenters. The molecule has 0 amide bonds. The molecule has 122 valence electrons. The molecule has 1 N–H and O–H groups in total. The van der Waals surface area contributed by atoms with Gasteiger partial charge in [-0.25, -0.2) is 4.98 Å². The third-order valence-corrected chi connectivity index (χ3v) is 3.21. The second-order valence-electron chi connectivity index (χ2n) is 5.18. The number of hydrogen-bond acceptors (Lipinski definition) is 5. The predicted octanol–water partition coefficient (Wildman–Crippen LogP) is 4.07. The maximum absolute atomic E-state index is 5.68. The summed E-state index contributed by atoms with van der Waals surface area (Å²) in [4.78, 5) is 8.67. The highest BCUT2D eigenvalue weighted by Gasteiger charge is 2.04. The van der Waals surface area contributed by atoms with Gasteiger partial charge in [0.05, 0.1) is 6.54 Å². The number of benzene rings is 2. The Labute approximate surface area is 141 Å². The molecule has 0 bridgehead atoms. The molecule has 0 unspecified atom stereocenters. The van der Waals surface area contributed by atoms with Crippen molar-refractivity contribution in [1.82, 2.24) is 9.97 Å². The fourth-order valence-electron chi connectivity index (χ4n) is 2.14. The monoisotopic (exact) mass is 321 g/mol. The van der Waals surface area contributed by atoms with Crippen LogP contribution < -0.4 is 14.8 Å². The Morgan fingerprint density at radius 2 is 1.54 bits per heavy atom. The summed E-state index contributed by atoms with van der Waals surface area (Å²) in [5.41, 5.74) is 0.836. The molecule has 0 saturated carbocycles. The van der Waals surface area contributed by atoms with E-state index >= 15 is 0 Å². The van der Waals surface area contributed by atoms with Crippen LogP contribution in [0.15, 0.2) is 66.7 Å². The van der Waals surface area contributed by atoms with Gasteiger partial charge in [0.2, 0.25) is 0 Å². The largest absolute Gasteiger partial charge is 0.492 e. The summed E-state index contributed by atoms with van der Waals surface area (Å²) in [7, 11) is 0. The zero-order valence-corrected chi connectivity index (χ0v) is 13.5. The van der Waals surface area contributed by atoms with Crippen molar-refractivity contribution >= 4 is 5.82 Å². The van der Waals surface area contributed by atoms with Crippen LogP contribution in [0.25, 0.3) is 0 Å². The fourth-order valence-corrected chi connectivity index (χ4v) is 2.14. The quantitative estimate of drug-likeness (QED) is 0.665. The summed E-state index contributed by atoms with van der Waals surface area (Å²) in [5.74, 6) is 2.28. The van der Waals surface area contributed by atoms with Crippen molar-refractivity contribution < 1.29 is 9.47 Å². The van der Waals surface area contributed by atoms with E-state index in [2.05, 4.69) is 15.3 Å². The third kappa shape index (κ3) is 4.71. The average molecular weight is 321 g/mol. The molecule has 0 spiro atoms. The van der Waals surface area contributed by atoms with Crippen LogP contribution in [0.4, 0.5) is 5.82 Å². The van der Waals surface area contributed by atoms with Crippen LogP contribution in [0, 0.1) is 6.92 Å². The zero-order valence-electron chi connectivity index (χ0n) is 13.5. The normalized spacial score (nSPS) is 10.2. The molecule has 3 rings (SSSR count). The van der Waals surface area contributed by atoms with Crippen molar-refractivity contribution in [2.75, 3.05) is 18.5 Å². The number of rotatable bonds is 7. The molecule has 0 fully saturated rings. The smallest absolute Gasteiger partial charge is 0.324 e. The molecule has 2 aromatic carbocycles. The molecule has 1 aromatic heterocycles. The number of anilines is 1. The van der Waals surface area contributed by atoms with E-state index in [0.717, 1.165) is 11.4 Å². The van der Waals surface area contributed by atoms with Crippen LogP contribution >= 0.6 is 0 Å². The minimum Gasteiger partial charge on any atom is -0.492 e. The van der Waals surface area contributed by atoms with Crippen LogP contribution in [0.2, 0.25) is 0 Å². The molecule has 24 heavy (non-hydrogen) atoms. The zero-order chi connectivity index (χ0) is 16.6. The van der Waals surface area contributed by atoms with Gasteiger partial charge in [-0.05, 0) is 31.2 Å². The molecule has 0 aliphatic carbocycles. The Morgan fingerprint density at radius 3 is 2.25 bits per heavy atom. The molecule has 1 heterocycles. The summed E-state index contributed by atoms with van der Waals surface area (Å²) >= 11 is 0. The lowest BCUT2D eigenvalue weighted by Crippen LogP contribution is -2.13. The van der Waals surface area contributed by atoms with Gasteiger partial charge >= 0.3 is 6.01 Å². The number of hydrogen-bond donors (Lipinski definition) is 1. The first-order valence-corrected chi connectivity index (χ1v) is 7.80. The van der Waals surface area contributed by atoms with E-state index in [4.69, 9.17) is 9.47 Å². The Hall–Kier alpha value is -3.08. The lowest BCUT2D eigenvalue weighted by molar-refractivity contribution is 0.332. The summed E-state index contributed by atoms with van der Waals surface area (Å²) in [6.07, 6.45) is 0. The molecule has 0 aliphatic rings. The Balaban J connectivity index is 1.55. The molecule has 5 nitrogen and oxygen atoms in total. The maximum Gasteiger partial charge on any atom is 0.324 e. The topological polar surface area (TPSA) is 56.3 Å². The molecule has 3 aromatic rings. The summed E-state index contributed by atoms with van der Waals surface area (Å²) in [6.45, 7) is 3.09. The van der Waals surface area contributed by atoms with Crippen LogP contribution in [0.5, 0.6) is 17.5 Å². The number of nitrogens with one attached hydrogen (secondary N) is 1. The fraction of sp³-hybridized carbons (Fsp3) is 0.158. The number of para-hydroxylation sites is 2. The van der Waals surface area contributed by atoms with E-state index < -0.39 is 0 Å². The second-order valence-corrected chi connectivity index (χ2v) is 5.18. The standard InChI is InChI=1S/C19H19N3O2/c1-15-14-18(20-12-13-23-16-8-4-2-5-9-16)22-19(21-15)24-17-10-6-3-7-11-17/h2-11,14H,12-13H2,1H3,(H,20,21,22). The maximum atomic E-state index is 5.68. The molecule has 5 heteroatoms. The molecule has 0 radical (unpaired) electrons. The van der Waals surface area contributed by atoms with Gasteiger partial charge in [0.25, 0.3) is 0 Å². The van der Waals surface area contributed by atoms with Crippen LogP contribution in [0.3, 0.4) is 0 Å². The van der Waals surface area contributed by atoms with Gasteiger partial charge in [0.15, 0.2) is 0 Å². The van der Waals surface area contributed by atoms with Gasteiger partial charge in [-0.15, -0.1) is 0 Å². The van der Waals surface area contributed by atoms with Gasteiger partial charge in [-0.1, -0.05) is 36.4 Å². The molecular weight excluding hydrogens is 302 g/mol. The van der Waals surface area contributed by atoms with E-state index in [9.17, 15) is 0 Å². The first-order chi connectivity index (χ1) is 11.8. The highest BCUT2D eigenvalue weighted by molar-refractivity contribution is 5.37. The SMILES string of the molecule is Cc1cc(NCCOc2ccccc2)nc(Oc2ccccc2)n1. The lowest BCUT2D eigenvalue weighted by atomic mass is 10.3. The number of nitrogens with zero attached hydrogens (tertiary/aromatic N) is 2. The summed E-state index contributed by atoms with van der Waals surface area (Å²) in [5, 5.41) is 3.23. The van der Waals surface area contributed by atoms with Crippen molar-refractivity contribution in [3.63, 3.8) is 0 Å². The van der Waals surface area contributed by atoms with Gasteiger partial charge in [0, 0.05) is 11.8 Å². The Bertz CT molecular complexity index is 764. The van der Waals surface area contributed by atoms with Crippen molar-refractivity contribution in [1.29, 1.82) is 0 Å². The van der Waals surface area contributed by atoms with Crippen LogP contribution in [-0.4, -0.2) is 23.1 Å². The third-order valence-electron chi connectivity index (χ3n) is 3.21. The number of ether oxygens (including phenoxy) is 2. The Kier molecular flexibility index (Phi) is 5.24. The number of aryl methyl sites for hydroxylation is 1. The minimum absolute atomic E-state index is 0.327. The molecular formula is C19H19N3O2. The van der Waals surface area contributed by atoms with Crippen molar-refractivity contribution in [3.8, 4) is 17.5 Å². The predicted molar refractivity (Wildman–Crippen MR) is 93.7 cm³/mol. The van der Waals surface area contributed by atoms with E-state index in [1.807, 2.05) is 73.7 Å². The van der Waals surface area contributed by atoms with E-state index in [1.54, 1.807) is 0 Å². The summed E-state index contributed by atoms with van der Waals surface area (Å²) < 4.78 is 11.3. The van der Waals surface area contributed by atoms with Crippen molar-refractivity contribution in [2.24, 2.45) is 0 Å². The molecule has 0 aliphatic heterocycles. The average Bonchev–Trinajstić information content (AvgIpc) is 2.60. The second kappa shape index (κ2) is 7.97. The minimum atomic E-state index is 0.327. The van der Waals surface area contributed by atoms with Crippen LogP contribution in [0.1, 0.15) is 5.69 Å².